The fourth-order valence-corrected chi connectivity index (χ4v) is 2.89. The van der Waals surface area contributed by atoms with E-state index in [0.717, 1.165) is 22.1 Å². The molecule has 0 unspecified atom stereocenters. The Hall–Kier alpha value is -2.95. The second-order valence-corrected chi connectivity index (χ2v) is 6.32. The number of likely N-dealkylation sites (N-methyl/N-ethyl adjacent to an activating group) is 1. The Morgan fingerprint density at radius 2 is 1.81 bits per heavy atom. The Labute approximate surface area is 153 Å². The third-order valence-corrected chi connectivity index (χ3v) is 4.41. The molecule has 0 radical (unpaired) electrons. The van der Waals surface area contributed by atoms with Gasteiger partial charge in [0.15, 0.2) is 17.3 Å². The summed E-state index contributed by atoms with van der Waals surface area (Å²) in [5, 5.41) is 0.946. The molecule has 0 saturated carbocycles. The molecule has 5 heteroatoms. The van der Waals surface area contributed by atoms with E-state index in [9.17, 15) is 4.79 Å². The Morgan fingerprint density at radius 1 is 1.04 bits per heavy atom. The molecule has 0 aliphatic carbocycles. The van der Waals surface area contributed by atoms with E-state index in [0.29, 0.717) is 30.2 Å². The summed E-state index contributed by atoms with van der Waals surface area (Å²) in [4.78, 5) is 14.3. The predicted octanol–water partition coefficient (Wildman–Crippen LogP) is 4.07. The minimum atomic E-state index is -0.126. The zero-order valence-electron chi connectivity index (χ0n) is 15.5. The van der Waals surface area contributed by atoms with E-state index in [2.05, 4.69) is 0 Å². The smallest absolute Gasteiger partial charge is 0.289 e. The molecule has 0 bridgehead atoms. The van der Waals surface area contributed by atoms with Gasteiger partial charge in [0.25, 0.3) is 5.91 Å². The maximum Gasteiger partial charge on any atom is 0.289 e. The van der Waals surface area contributed by atoms with Crippen LogP contribution in [0.3, 0.4) is 0 Å². The third-order valence-electron chi connectivity index (χ3n) is 4.41. The highest BCUT2D eigenvalue weighted by molar-refractivity contribution is 5.96. The molecule has 26 heavy (non-hydrogen) atoms. The van der Waals surface area contributed by atoms with Gasteiger partial charge in [-0.2, -0.15) is 0 Å². The first-order valence-electron chi connectivity index (χ1n) is 8.48. The largest absolute Gasteiger partial charge is 0.493 e. The van der Waals surface area contributed by atoms with Crippen molar-refractivity contribution in [2.24, 2.45) is 0 Å². The number of hydrogen-bond acceptors (Lipinski definition) is 4. The molecule has 0 atom stereocenters. The van der Waals surface area contributed by atoms with Gasteiger partial charge in [-0.1, -0.05) is 17.7 Å². The van der Waals surface area contributed by atoms with E-state index in [1.165, 1.54) is 0 Å². The van der Waals surface area contributed by atoms with Gasteiger partial charge in [-0.15, -0.1) is 0 Å². The van der Waals surface area contributed by atoms with Gasteiger partial charge in [-0.25, -0.2) is 0 Å². The number of fused-ring (bicyclic) bond motifs is 1. The van der Waals surface area contributed by atoms with Crippen LogP contribution in [-0.4, -0.2) is 38.6 Å². The zero-order chi connectivity index (χ0) is 18.7. The van der Waals surface area contributed by atoms with Crippen molar-refractivity contribution in [1.82, 2.24) is 4.90 Å². The van der Waals surface area contributed by atoms with Crippen LogP contribution >= 0.6 is 0 Å². The van der Waals surface area contributed by atoms with Crippen molar-refractivity contribution in [2.75, 3.05) is 27.8 Å². The molecule has 0 fully saturated rings. The first-order chi connectivity index (χ1) is 12.5. The molecule has 1 aromatic heterocycles. The van der Waals surface area contributed by atoms with Gasteiger partial charge in [-0.3, -0.25) is 4.79 Å². The van der Waals surface area contributed by atoms with Gasteiger partial charge < -0.3 is 18.8 Å². The number of carbonyl (C=O) groups excluding carboxylic acids is 1. The van der Waals surface area contributed by atoms with Crippen LogP contribution < -0.4 is 9.47 Å². The summed E-state index contributed by atoms with van der Waals surface area (Å²) >= 11 is 0. The van der Waals surface area contributed by atoms with Crippen molar-refractivity contribution in [3.63, 3.8) is 0 Å². The summed E-state index contributed by atoms with van der Waals surface area (Å²) in [6.07, 6.45) is 0.710. The molecule has 136 valence electrons. The highest BCUT2D eigenvalue weighted by Gasteiger charge is 2.17. The van der Waals surface area contributed by atoms with Crippen molar-refractivity contribution in [3.05, 3.63) is 59.4 Å². The average Bonchev–Trinajstić information content (AvgIpc) is 3.08. The summed E-state index contributed by atoms with van der Waals surface area (Å²) in [5.74, 6) is 1.62. The van der Waals surface area contributed by atoms with Gasteiger partial charge >= 0.3 is 0 Å². The maximum absolute atomic E-state index is 12.6. The van der Waals surface area contributed by atoms with Crippen LogP contribution in [0.5, 0.6) is 11.5 Å². The number of furan rings is 1. The molecular formula is C21H23NO4. The molecule has 1 amide bonds. The highest BCUT2D eigenvalue weighted by atomic mass is 16.5. The van der Waals surface area contributed by atoms with Gasteiger partial charge in [0, 0.05) is 19.0 Å². The van der Waals surface area contributed by atoms with Crippen molar-refractivity contribution in [3.8, 4) is 11.5 Å². The van der Waals surface area contributed by atoms with E-state index in [1.54, 1.807) is 32.2 Å². The third kappa shape index (κ3) is 3.67. The predicted molar refractivity (Wildman–Crippen MR) is 101 cm³/mol. The van der Waals surface area contributed by atoms with Crippen LogP contribution in [0.1, 0.15) is 21.7 Å². The molecule has 3 rings (SSSR count). The van der Waals surface area contributed by atoms with Crippen LogP contribution in [0.4, 0.5) is 0 Å². The van der Waals surface area contributed by atoms with E-state index in [-0.39, 0.29) is 5.91 Å². The number of aryl methyl sites for hydroxylation is 1. The topological polar surface area (TPSA) is 51.9 Å². The number of methoxy groups -OCH3 is 2. The van der Waals surface area contributed by atoms with E-state index < -0.39 is 0 Å². The normalized spacial score (nSPS) is 10.8. The van der Waals surface area contributed by atoms with E-state index >= 15 is 0 Å². The summed E-state index contributed by atoms with van der Waals surface area (Å²) in [6, 6.07) is 13.5. The number of carbonyl (C=O) groups is 1. The molecule has 0 aliphatic heterocycles. The molecule has 0 saturated heterocycles. The van der Waals surface area contributed by atoms with Crippen molar-refractivity contribution in [1.29, 1.82) is 0 Å². The van der Waals surface area contributed by atoms with Gasteiger partial charge in [0.05, 0.1) is 14.2 Å². The lowest BCUT2D eigenvalue weighted by Gasteiger charge is -2.16. The number of ether oxygens (including phenoxy) is 2. The van der Waals surface area contributed by atoms with E-state index in [1.807, 2.05) is 43.3 Å². The number of nitrogens with zero attached hydrogens (tertiary/aromatic N) is 1. The standard InChI is InChI=1S/C21H23NO4/c1-14-5-7-17-16(11-14)13-20(26-17)21(23)22(2)10-9-15-6-8-18(24-3)19(12-15)25-4/h5-8,11-13H,9-10H2,1-4H3. The van der Waals surface area contributed by atoms with Gasteiger partial charge in [0.2, 0.25) is 0 Å². The Morgan fingerprint density at radius 3 is 2.54 bits per heavy atom. The lowest BCUT2D eigenvalue weighted by molar-refractivity contribution is 0.0767. The molecular weight excluding hydrogens is 330 g/mol. The minimum absolute atomic E-state index is 0.126. The Balaban J connectivity index is 1.68. The molecule has 3 aromatic rings. The van der Waals surface area contributed by atoms with Gasteiger partial charge in [-0.05, 0) is 49.2 Å². The minimum Gasteiger partial charge on any atom is -0.493 e. The molecule has 0 spiro atoms. The highest BCUT2D eigenvalue weighted by Crippen LogP contribution is 2.28. The van der Waals surface area contributed by atoms with Crippen LogP contribution in [0.15, 0.2) is 46.9 Å². The van der Waals surface area contributed by atoms with Crippen LogP contribution in [0, 0.1) is 6.92 Å². The second kappa shape index (κ2) is 7.52. The molecule has 0 N–H and O–H groups in total. The fraction of sp³-hybridized carbons (Fsp3) is 0.286. The average molecular weight is 353 g/mol. The zero-order valence-corrected chi connectivity index (χ0v) is 15.5. The number of rotatable bonds is 6. The quantitative estimate of drug-likeness (QED) is 0.670. The lowest BCUT2D eigenvalue weighted by Crippen LogP contribution is -2.28. The van der Waals surface area contributed by atoms with Crippen LogP contribution in [0.2, 0.25) is 0 Å². The van der Waals surface area contributed by atoms with Crippen LogP contribution in [0.25, 0.3) is 11.0 Å². The fourth-order valence-electron chi connectivity index (χ4n) is 2.89. The van der Waals surface area contributed by atoms with Gasteiger partial charge in [0.1, 0.15) is 5.58 Å². The first-order valence-corrected chi connectivity index (χ1v) is 8.48. The summed E-state index contributed by atoms with van der Waals surface area (Å²) in [7, 11) is 5.00. The number of benzene rings is 2. The number of amides is 1. The van der Waals surface area contributed by atoms with Crippen molar-refractivity contribution < 1.29 is 18.7 Å². The summed E-state index contributed by atoms with van der Waals surface area (Å²) in [6.45, 7) is 2.59. The van der Waals surface area contributed by atoms with Crippen molar-refractivity contribution in [2.45, 2.75) is 13.3 Å². The Bertz CT molecular complexity index is 929. The first kappa shape index (κ1) is 17.9. The summed E-state index contributed by atoms with van der Waals surface area (Å²) in [5.41, 5.74) is 2.94. The van der Waals surface area contributed by atoms with Crippen LogP contribution in [-0.2, 0) is 6.42 Å². The summed E-state index contributed by atoms with van der Waals surface area (Å²) < 4.78 is 16.3. The Kier molecular flexibility index (Phi) is 5.16. The number of hydrogen-bond donors (Lipinski definition) is 0. The second-order valence-electron chi connectivity index (χ2n) is 6.32. The molecule has 0 aliphatic rings. The monoisotopic (exact) mass is 353 g/mol. The molecule has 1 heterocycles. The lowest BCUT2D eigenvalue weighted by atomic mass is 10.1. The van der Waals surface area contributed by atoms with E-state index in [4.69, 9.17) is 13.9 Å². The maximum atomic E-state index is 12.6. The van der Waals surface area contributed by atoms with Crippen molar-refractivity contribution >= 4 is 16.9 Å². The molecule has 5 nitrogen and oxygen atoms in total. The molecule has 2 aromatic carbocycles. The SMILES string of the molecule is COc1ccc(CCN(C)C(=O)c2cc3cc(C)ccc3o2)cc1OC.